The molecule has 0 aromatic heterocycles. The molecule has 0 aliphatic rings. The first-order valence-corrected chi connectivity index (χ1v) is 6.77. The van der Waals surface area contributed by atoms with Crippen molar-refractivity contribution in [3.8, 4) is 0 Å². The maximum atomic E-state index is 11.5. The number of rotatable bonds is 6. The Morgan fingerprint density at radius 3 is 2.05 bits per heavy atom. The first-order valence-electron chi connectivity index (χ1n) is 6.77. The minimum Gasteiger partial charge on any atom is -0.480 e. The zero-order valence-electron chi connectivity index (χ0n) is 13.3. The van der Waals surface area contributed by atoms with Crippen LogP contribution in [0.25, 0.3) is 0 Å². The Morgan fingerprint density at radius 2 is 1.65 bits per heavy atom. The summed E-state index contributed by atoms with van der Waals surface area (Å²) in [5.41, 5.74) is -0.903. The van der Waals surface area contributed by atoms with E-state index in [1.807, 2.05) is 20.8 Å². The third kappa shape index (κ3) is 10.6. The normalized spacial score (nSPS) is 13.7. The Hall–Kier alpha value is -1.30. The Kier molecular flexibility index (Phi) is 6.99. The molecule has 0 radical (unpaired) electrons. The molecule has 0 fully saturated rings. The number of carboxylic acids is 1. The van der Waals surface area contributed by atoms with Crippen LogP contribution in [0.3, 0.4) is 0 Å². The molecule has 0 unspecified atom stereocenters. The van der Waals surface area contributed by atoms with Crippen LogP contribution in [0.15, 0.2) is 0 Å². The predicted octanol–water partition coefficient (Wildman–Crippen LogP) is 2.56. The minimum absolute atomic E-state index is 0.253. The molecule has 0 saturated carbocycles. The van der Waals surface area contributed by atoms with E-state index in [-0.39, 0.29) is 5.60 Å². The summed E-state index contributed by atoms with van der Waals surface area (Å²) in [5.74, 6) is -1.08. The van der Waals surface area contributed by atoms with Crippen LogP contribution < -0.4 is 5.32 Å². The molecule has 6 nitrogen and oxygen atoms in total. The van der Waals surface area contributed by atoms with E-state index in [1.165, 1.54) is 0 Å². The molecular weight excluding hydrogens is 262 g/mol. The zero-order chi connectivity index (χ0) is 16.0. The van der Waals surface area contributed by atoms with Gasteiger partial charge in [-0.25, -0.2) is 9.59 Å². The highest BCUT2D eigenvalue weighted by Gasteiger charge is 2.23. The van der Waals surface area contributed by atoms with Crippen molar-refractivity contribution in [1.29, 1.82) is 0 Å². The topological polar surface area (TPSA) is 84.9 Å². The van der Waals surface area contributed by atoms with Crippen molar-refractivity contribution in [2.45, 2.75) is 71.6 Å². The smallest absolute Gasteiger partial charge is 0.408 e. The third-order valence-electron chi connectivity index (χ3n) is 2.16. The molecule has 20 heavy (non-hydrogen) atoms. The van der Waals surface area contributed by atoms with Gasteiger partial charge >= 0.3 is 12.1 Å². The number of amides is 1. The number of alkyl carbamates (subject to hydrolysis) is 1. The van der Waals surface area contributed by atoms with Crippen LogP contribution in [0.2, 0.25) is 0 Å². The highest BCUT2D eigenvalue weighted by atomic mass is 16.6. The van der Waals surface area contributed by atoms with Crippen LogP contribution in [0.1, 0.15) is 54.4 Å². The summed E-state index contributed by atoms with van der Waals surface area (Å²) in [6.07, 6.45) is 0.121. The zero-order valence-corrected chi connectivity index (χ0v) is 13.3. The lowest BCUT2D eigenvalue weighted by molar-refractivity contribution is -0.139. The monoisotopic (exact) mass is 289 g/mol. The van der Waals surface area contributed by atoms with Crippen LogP contribution >= 0.6 is 0 Å². The molecule has 1 amide bonds. The maximum Gasteiger partial charge on any atom is 0.408 e. The van der Waals surface area contributed by atoms with E-state index in [2.05, 4.69) is 5.32 Å². The van der Waals surface area contributed by atoms with Crippen molar-refractivity contribution in [1.82, 2.24) is 5.32 Å². The second-order valence-corrected chi connectivity index (χ2v) is 6.64. The van der Waals surface area contributed by atoms with Crippen molar-refractivity contribution in [2.24, 2.45) is 0 Å². The number of hydrogen-bond acceptors (Lipinski definition) is 4. The van der Waals surface area contributed by atoms with E-state index in [0.29, 0.717) is 19.4 Å². The van der Waals surface area contributed by atoms with Crippen LogP contribution in [-0.4, -0.2) is 41.0 Å². The van der Waals surface area contributed by atoms with E-state index in [4.69, 9.17) is 14.6 Å². The van der Waals surface area contributed by atoms with Crippen LogP contribution in [0.5, 0.6) is 0 Å². The third-order valence-corrected chi connectivity index (χ3v) is 2.16. The summed E-state index contributed by atoms with van der Waals surface area (Å²) in [6.45, 7) is 11.4. The summed E-state index contributed by atoms with van der Waals surface area (Å²) in [6, 6.07) is -0.964. The summed E-state index contributed by atoms with van der Waals surface area (Å²) in [7, 11) is 0. The quantitative estimate of drug-likeness (QED) is 0.734. The lowest BCUT2D eigenvalue weighted by atomic mass is 10.1. The first-order chi connectivity index (χ1) is 8.91. The molecule has 1 atom stereocenters. The molecule has 0 saturated heterocycles. The number of carbonyl (C=O) groups is 2. The largest absolute Gasteiger partial charge is 0.480 e. The summed E-state index contributed by atoms with van der Waals surface area (Å²) in [5, 5.41) is 11.4. The van der Waals surface area contributed by atoms with Gasteiger partial charge in [0.2, 0.25) is 0 Å². The molecule has 0 aromatic rings. The van der Waals surface area contributed by atoms with E-state index < -0.39 is 23.7 Å². The number of nitrogens with one attached hydrogen (secondary N) is 1. The molecule has 2 N–H and O–H groups in total. The fraction of sp³-hybridized carbons (Fsp3) is 0.857. The first kappa shape index (κ1) is 18.7. The van der Waals surface area contributed by atoms with Gasteiger partial charge in [0.25, 0.3) is 0 Å². The van der Waals surface area contributed by atoms with Crippen molar-refractivity contribution < 1.29 is 24.2 Å². The Bertz CT molecular complexity index is 327. The summed E-state index contributed by atoms with van der Waals surface area (Å²) < 4.78 is 10.5. The molecule has 0 spiro atoms. The van der Waals surface area contributed by atoms with E-state index in [9.17, 15) is 9.59 Å². The number of ether oxygens (including phenoxy) is 2. The van der Waals surface area contributed by atoms with E-state index in [0.717, 1.165) is 0 Å². The van der Waals surface area contributed by atoms with Gasteiger partial charge in [0, 0.05) is 6.61 Å². The number of carbonyl (C=O) groups excluding carboxylic acids is 1. The van der Waals surface area contributed by atoms with Gasteiger partial charge in [-0.05, 0) is 54.4 Å². The van der Waals surface area contributed by atoms with Gasteiger partial charge in [0.1, 0.15) is 11.6 Å². The van der Waals surface area contributed by atoms with Crippen molar-refractivity contribution in [3.63, 3.8) is 0 Å². The Labute approximate surface area is 120 Å². The predicted molar refractivity (Wildman–Crippen MR) is 75.7 cm³/mol. The van der Waals surface area contributed by atoms with E-state index in [1.54, 1.807) is 20.8 Å². The molecule has 118 valence electrons. The highest BCUT2D eigenvalue weighted by Crippen LogP contribution is 2.10. The van der Waals surface area contributed by atoms with Crippen LogP contribution in [0, 0.1) is 0 Å². The van der Waals surface area contributed by atoms with Crippen LogP contribution in [0.4, 0.5) is 4.79 Å². The van der Waals surface area contributed by atoms with Crippen molar-refractivity contribution >= 4 is 12.1 Å². The molecule has 0 aliphatic heterocycles. The van der Waals surface area contributed by atoms with Gasteiger partial charge in [0.05, 0.1) is 5.60 Å². The number of aliphatic carboxylic acids is 1. The standard InChI is InChI=1S/C14H27NO5/c1-13(2,3)19-9-7-8-10(11(16)17)15-12(18)20-14(4,5)6/h10H,7-9H2,1-6H3,(H,15,18)(H,16,17)/t10-/m0/s1. The molecular formula is C14H27NO5. The molecule has 0 bridgehead atoms. The molecule has 0 heterocycles. The van der Waals surface area contributed by atoms with Crippen LogP contribution in [-0.2, 0) is 14.3 Å². The SMILES string of the molecule is CC(C)(C)OCCC[C@H](NC(=O)OC(C)(C)C)C(=O)O. The fourth-order valence-electron chi connectivity index (χ4n) is 1.37. The van der Waals surface area contributed by atoms with Gasteiger partial charge in [-0.15, -0.1) is 0 Å². The number of hydrogen-bond donors (Lipinski definition) is 2. The second kappa shape index (κ2) is 7.47. The molecule has 0 aromatic carbocycles. The number of carboxylic acid groups (broad SMARTS) is 1. The lowest BCUT2D eigenvalue weighted by Gasteiger charge is -2.23. The molecule has 0 aliphatic carbocycles. The Morgan fingerprint density at radius 1 is 1.10 bits per heavy atom. The Balaban J connectivity index is 4.18. The van der Waals surface area contributed by atoms with Crippen molar-refractivity contribution in [3.05, 3.63) is 0 Å². The maximum absolute atomic E-state index is 11.5. The van der Waals surface area contributed by atoms with Gasteiger partial charge in [-0.3, -0.25) is 0 Å². The molecule has 0 rings (SSSR count). The van der Waals surface area contributed by atoms with Gasteiger partial charge in [-0.1, -0.05) is 0 Å². The minimum atomic E-state index is -1.08. The highest BCUT2D eigenvalue weighted by molar-refractivity contribution is 5.79. The average Bonchev–Trinajstić information content (AvgIpc) is 2.17. The fourth-order valence-corrected chi connectivity index (χ4v) is 1.37. The van der Waals surface area contributed by atoms with Crippen molar-refractivity contribution in [2.75, 3.05) is 6.61 Å². The van der Waals surface area contributed by atoms with Gasteiger partial charge < -0.3 is 19.9 Å². The summed E-state index contributed by atoms with van der Waals surface area (Å²) >= 11 is 0. The molecule has 6 heteroatoms. The average molecular weight is 289 g/mol. The van der Waals surface area contributed by atoms with E-state index >= 15 is 0 Å². The summed E-state index contributed by atoms with van der Waals surface area (Å²) in [4.78, 5) is 22.6. The van der Waals surface area contributed by atoms with Gasteiger partial charge in [-0.2, -0.15) is 0 Å². The lowest BCUT2D eigenvalue weighted by Crippen LogP contribution is -2.43. The second-order valence-electron chi connectivity index (χ2n) is 6.64. The van der Waals surface area contributed by atoms with Gasteiger partial charge in [0.15, 0.2) is 0 Å².